The number of hydrogen-bond donors (Lipinski definition) is 2. The molecule has 0 aliphatic rings. The van der Waals surface area contributed by atoms with Crippen molar-refractivity contribution in [1.29, 1.82) is 0 Å². The van der Waals surface area contributed by atoms with Crippen molar-refractivity contribution in [2.45, 2.75) is 38.8 Å². The van der Waals surface area contributed by atoms with E-state index in [1.807, 2.05) is 20.8 Å². The van der Waals surface area contributed by atoms with E-state index in [-0.39, 0.29) is 11.5 Å². The third-order valence-electron chi connectivity index (χ3n) is 1.57. The molecule has 0 radical (unpaired) electrons. The van der Waals surface area contributed by atoms with Crippen molar-refractivity contribution >= 4 is 6.29 Å². The second-order valence-corrected chi connectivity index (χ2v) is 3.80. The van der Waals surface area contributed by atoms with Crippen molar-refractivity contribution in [3.8, 4) is 0 Å². The molecule has 3 nitrogen and oxygen atoms in total. The van der Waals surface area contributed by atoms with Crippen LogP contribution in [0.2, 0.25) is 0 Å². The number of aldehydes is 1. The molecule has 0 heterocycles. The number of nitrogens with two attached hydrogens (primary N) is 1. The lowest BCUT2D eigenvalue weighted by Gasteiger charge is -2.24. The molecule has 2 atom stereocenters. The average Bonchev–Trinajstić information content (AvgIpc) is 1.82. The van der Waals surface area contributed by atoms with Crippen LogP contribution < -0.4 is 5.73 Å². The summed E-state index contributed by atoms with van der Waals surface area (Å²) in [5, 5.41) is 9.07. The van der Waals surface area contributed by atoms with Crippen molar-refractivity contribution in [1.82, 2.24) is 0 Å². The van der Waals surface area contributed by atoms with Gasteiger partial charge in [0, 0.05) is 5.54 Å². The first-order chi connectivity index (χ1) is 4.87. The summed E-state index contributed by atoms with van der Waals surface area (Å²) in [4.78, 5) is 10.1. The third kappa shape index (κ3) is 4.93. The summed E-state index contributed by atoms with van der Waals surface area (Å²) in [5.41, 5.74) is 5.39. The summed E-state index contributed by atoms with van der Waals surface area (Å²) in [6, 6.07) is 0. The minimum Gasteiger partial charge on any atom is -0.385 e. The van der Waals surface area contributed by atoms with Gasteiger partial charge in [0.05, 0.1) is 0 Å². The van der Waals surface area contributed by atoms with Gasteiger partial charge in [0.1, 0.15) is 12.4 Å². The number of rotatable bonds is 4. The second-order valence-electron chi connectivity index (χ2n) is 3.80. The highest BCUT2D eigenvalue weighted by atomic mass is 16.3. The first kappa shape index (κ1) is 10.6. The maximum Gasteiger partial charge on any atom is 0.148 e. The van der Waals surface area contributed by atoms with Crippen molar-refractivity contribution in [2.75, 3.05) is 0 Å². The van der Waals surface area contributed by atoms with Gasteiger partial charge in [-0.2, -0.15) is 0 Å². The molecule has 0 bridgehead atoms. The van der Waals surface area contributed by atoms with Crippen molar-refractivity contribution in [3.05, 3.63) is 0 Å². The molecule has 0 spiro atoms. The van der Waals surface area contributed by atoms with Gasteiger partial charge >= 0.3 is 0 Å². The molecule has 2 unspecified atom stereocenters. The molecule has 0 aromatic heterocycles. The molecule has 0 fully saturated rings. The molecule has 0 aromatic rings. The molecular formula is C8H17NO2. The second kappa shape index (κ2) is 3.83. The standard InChI is InChI=1S/C8H17NO2/c1-6(7(11)5-10)4-8(2,3)9/h5-7,11H,4,9H2,1-3H3. The van der Waals surface area contributed by atoms with E-state index < -0.39 is 6.10 Å². The first-order valence-electron chi connectivity index (χ1n) is 3.79. The molecule has 0 rings (SSSR count). The highest BCUT2D eigenvalue weighted by Gasteiger charge is 2.20. The van der Waals surface area contributed by atoms with Crippen LogP contribution in [0, 0.1) is 5.92 Å². The Morgan fingerprint density at radius 1 is 1.64 bits per heavy atom. The van der Waals surface area contributed by atoms with Gasteiger partial charge in [-0.15, -0.1) is 0 Å². The van der Waals surface area contributed by atoms with E-state index in [9.17, 15) is 4.79 Å². The van der Waals surface area contributed by atoms with Crippen LogP contribution >= 0.6 is 0 Å². The monoisotopic (exact) mass is 159 g/mol. The Balaban J connectivity index is 3.86. The van der Waals surface area contributed by atoms with Gasteiger partial charge < -0.3 is 15.6 Å². The van der Waals surface area contributed by atoms with Crippen LogP contribution in [0.5, 0.6) is 0 Å². The lowest BCUT2D eigenvalue weighted by atomic mass is 9.90. The minimum atomic E-state index is -0.877. The van der Waals surface area contributed by atoms with E-state index in [4.69, 9.17) is 10.8 Å². The predicted octanol–water partition coefficient (Wildman–Crippen LogP) is 0.310. The van der Waals surface area contributed by atoms with Gasteiger partial charge in [0.15, 0.2) is 0 Å². The SMILES string of the molecule is CC(CC(C)(C)N)C(O)C=O. The number of carbonyl (C=O) groups excluding carboxylic acids is 1. The van der Waals surface area contributed by atoms with E-state index in [0.29, 0.717) is 12.7 Å². The van der Waals surface area contributed by atoms with Gasteiger partial charge in [-0.1, -0.05) is 6.92 Å². The van der Waals surface area contributed by atoms with Gasteiger partial charge in [-0.3, -0.25) is 0 Å². The Morgan fingerprint density at radius 2 is 2.09 bits per heavy atom. The molecule has 66 valence electrons. The Hall–Kier alpha value is -0.410. The molecular weight excluding hydrogens is 142 g/mol. The van der Waals surface area contributed by atoms with Crippen LogP contribution in [0.3, 0.4) is 0 Å². The Kier molecular flexibility index (Phi) is 3.69. The van der Waals surface area contributed by atoms with Gasteiger partial charge in [-0.25, -0.2) is 0 Å². The van der Waals surface area contributed by atoms with E-state index in [2.05, 4.69) is 0 Å². The van der Waals surface area contributed by atoms with E-state index >= 15 is 0 Å². The molecule has 0 saturated heterocycles. The predicted molar refractivity (Wildman–Crippen MR) is 44.1 cm³/mol. The lowest BCUT2D eigenvalue weighted by molar-refractivity contribution is -0.117. The number of carbonyl (C=O) groups is 1. The molecule has 0 aliphatic carbocycles. The van der Waals surface area contributed by atoms with Gasteiger partial charge in [-0.05, 0) is 26.2 Å². The topological polar surface area (TPSA) is 63.3 Å². The maximum atomic E-state index is 10.1. The Morgan fingerprint density at radius 3 is 2.36 bits per heavy atom. The molecule has 11 heavy (non-hydrogen) atoms. The molecule has 0 saturated carbocycles. The molecule has 0 amide bonds. The molecule has 0 aliphatic heterocycles. The summed E-state index contributed by atoms with van der Waals surface area (Å²) < 4.78 is 0. The smallest absolute Gasteiger partial charge is 0.148 e. The summed E-state index contributed by atoms with van der Waals surface area (Å²) >= 11 is 0. The number of aliphatic hydroxyl groups excluding tert-OH is 1. The summed E-state index contributed by atoms with van der Waals surface area (Å²) in [7, 11) is 0. The number of hydrogen-bond acceptors (Lipinski definition) is 3. The maximum absolute atomic E-state index is 10.1. The van der Waals surface area contributed by atoms with Crippen LogP contribution in [-0.2, 0) is 4.79 Å². The summed E-state index contributed by atoms with van der Waals surface area (Å²) in [6.45, 7) is 5.57. The van der Waals surface area contributed by atoms with E-state index in [0.717, 1.165) is 0 Å². The van der Waals surface area contributed by atoms with Crippen LogP contribution in [0.25, 0.3) is 0 Å². The molecule has 3 heteroatoms. The normalized spacial score (nSPS) is 17.5. The van der Waals surface area contributed by atoms with Crippen LogP contribution in [0.4, 0.5) is 0 Å². The fourth-order valence-corrected chi connectivity index (χ4v) is 1.08. The summed E-state index contributed by atoms with van der Waals surface area (Å²) in [6.07, 6.45) is 0.321. The van der Waals surface area contributed by atoms with Crippen molar-refractivity contribution < 1.29 is 9.90 Å². The van der Waals surface area contributed by atoms with E-state index in [1.54, 1.807) is 0 Å². The van der Waals surface area contributed by atoms with Crippen molar-refractivity contribution in [3.63, 3.8) is 0 Å². The first-order valence-corrected chi connectivity index (χ1v) is 3.79. The zero-order chi connectivity index (χ0) is 9.07. The minimum absolute atomic E-state index is 0.0625. The van der Waals surface area contributed by atoms with Crippen LogP contribution in [0.15, 0.2) is 0 Å². The Bertz CT molecular complexity index is 129. The average molecular weight is 159 g/mol. The highest BCUT2D eigenvalue weighted by molar-refractivity contribution is 5.55. The van der Waals surface area contributed by atoms with Crippen molar-refractivity contribution in [2.24, 2.45) is 11.7 Å². The summed E-state index contributed by atoms with van der Waals surface area (Å²) in [5.74, 6) is -0.0625. The lowest BCUT2D eigenvalue weighted by Crippen LogP contribution is -2.37. The Labute approximate surface area is 67.6 Å². The van der Waals surface area contributed by atoms with Crippen LogP contribution in [0.1, 0.15) is 27.2 Å². The fourth-order valence-electron chi connectivity index (χ4n) is 1.08. The van der Waals surface area contributed by atoms with E-state index in [1.165, 1.54) is 0 Å². The van der Waals surface area contributed by atoms with Gasteiger partial charge in [0.25, 0.3) is 0 Å². The fraction of sp³-hybridized carbons (Fsp3) is 0.875. The molecule has 0 aromatic carbocycles. The molecule has 3 N–H and O–H groups in total. The zero-order valence-electron chi connectivity index (χ0n) is 7.37. The third-order valence-corrected chi connectivity index (χ3v) is 1.57. The number of aliphatic hydroxyl groups is 1. The quantitative estimate of drug-likeness (QED) is 0.580. The highest BCUT2D eigenvalue weighted by Crippen LogP contribution is 2.15. The largest absolute Gasteiger partial charge is 0.385 e. The van der Waals surface area contributed by atoms with Gasteiger partial charge in [0.2, 0.25) is 0 Å². The van der Waals surface area contributed by atoms with Crippen LogP contribution in [-0.4, -0.2) is 23.0 Å². The zero-order valence-corrected chi connectivity index (χ0v) is 7.37.